The number of benzene rings is 3. The molecule has 1 saturated heterocycles. The molecule has 4 aromatic rings. The van der Waals surface area contributed by atoms with Crippen molar-refractivity contribution in [1.29, 1.82) is 0 Å². The zero-order chi connectivity index (χ0) is 25.2. The first kappa shape index (κ1) is 24.2. The molecule has 1 fully saturated rings. The van der Waals surface area contributed by atoms with E-state index < -0.39 is 5.97 Å². The summed E-state index contributed by atoms with van der Waals surface area (Å²) in [4.78, 5) is 17.9. The lowest BCUT2D eigenvalue weighted by molar-refractivity contribution is -0.147. The van der Waals surface area contributed by atoms with Crippen LogP contribution in [0.25, 0.3) is 11.4 Å². The molecule has 0 saturated carbocycles. The molecule has 1 aromatic heterocycles. The first-order valence-electron chi connectivity index (χ1n) is 12.0. The molecular weight excluding hydrogens is 474 g/mol. The highest BCUT2D eigenvalue weighted by atomic mass is 35.5. The predicted molar refractivity (Wildman–Crippen MR) is 139 cm³/mol. The average molecular weight is 502 g/mol. The van der Waals surface area contributed by atoms with E-state index in [1.54, 1.807) is 0 Å². The van der Waals surface area contributed by atoms with Gasteiger partial charge in [0.05, 0.1) is 11.8 Å². The summed E-state index contributed by atoms with van der Waals surface area (Å²) >= 11 is 6.32. The maximum atomic E-state index is 11.0. The van der Waals surface area contributed by atoms with E-state index in [1.807, 2.05) is 48.5 Å². The maximum absolute atomic E-state index is 11.0. The molecule has 7 heteroatoms. The minimum atomic E-state index is -0.719. The Balaban J connectivity index is 1.36. The molecule has 184 valence electrons. The number of hydrogen-bond donors (Lipinski definition) is 1. The summed E-state index contributed by atoms with van der Waals surface area (Å²) in [6, 6.07) is 22.4. The maximum Gasteiger partial charge on any atom is 0.309 e. The summed E-state index contributed by atoms with van der Waals surface area (Å²) in [5.41, 5.74) is 6.67. The van der Waals surface area contributed by atoms with E-state index >= 15 is 0 Å². The Morgan fingerprint density at radius 2 is 1.78 bits per heavy atom. The quantitative estimate of drug-likeness (QED) is 0.324. The summed E-state index contributed by atoms with van der Waals surface area (Å²) in [6.45, 7) is 6.12. The van der Waals surface area contributed by atoms with Crippen molar-refractivity contribution in [3.8, 4) is 11.4 Å². The van der Waals surface area contributed by atoms with Crippen LogP contribution in [-0.2, 0) is 17.8 Å². The zero-order valence-corrected chi connectivity index (χ0v) is 21.1. The summed E-state index contributed by atoms with van der Waals surface area (Å²) in [5, 5.41) is 14.0. The monoisotopic (exact) mass is 501 g/mol. The third-order valence-electron chi connectivity index (χ3n) is 6.64. The number of hydrogen-bond acceptors (Lipinski definition) is 5. The van der Waals surface area contributed by atoms with Crippen molar-refractivity contribution >= 4 is 17.6 Å². The lowest BCUT2D eigenvalue weighted by Gasteiger charge is -2.36. The molecule has 0 radical (unpaired) electrons. The molecule has 0 bridgehead atoms. The van der Waals surface area contributed by atoms with Gasteiger partial charge in [-0.25, -0.2) is 0 Å². The molecular formula is C29H28ClN3O3. The van der Waals surface area contributed by atoms with E-state index in [0.29, 0.717) is 29.8 Å². The van der Waals surface area contributed by atoms with Crippen molar-refractivity contribution in [2.75, 3.05) is 13.1 Å². The van der Waals surface area contributed by atoms with Crippen molar-refractivity contribution < 1.29 is 14.4 Å². The van der Waals surface area contributed by atoms with E-state index in [2.05, 4.69) is 42.1 Å². The fourth-order valence-corrected chi connectivity index (χ4v) is 5.06. The second kappa shape index (κ2) is 10.2. The topological polar surface area (TPSA) is 79.5 Å². The molecule has 0 amide bonds. The molecule has 36 heavy (non-hydrogen) atoms. The molecule has 1 atom stereocenters. The van der Waals surface area contributed by atoms with E-state index in [0.717, 1.165) is 29.7 Å². The fraction of sp³-hybridized carbons (Fsp3) is 0.276. The Bertz CT molecular complexity index is 1360. The number of nitrogens with zero attached hydrogens (tertiary/aromatic N) is 3. The van der Waals surface area contributed by atoms with Crippen molar-refractivity contribution in [2.45, 2.75) is 32.7 Å². The van der Waals surface area contributed by atoms with Crippen LogP contribution in [0.5, 0.6) is 0 Å². The van der Waals surface area contributed by atoms with Gasteiger partial charge in [0.15, 0.2) is 0 Å². The van der Waals surface area contributed by atoms with Crippen LogP contribution < -0.4 is 0 Å². The number of rotatable bonds is 8. The summed E-state index contributed by atoms with van der Waals surface area (Å²) < 4.78 is 5.80. The Morgan fingerprint density at radius 3 is 2.44 bits per heavy atom. The highest BCUT2D eigenvalue weighted by Crippen LogP contribution is 2.31. The summed E-state index contributed by atoms with van der Waals surface area (Å²) in [6.07, 6.45) is 0.719. The molecule has 1 unspecified atom stereocenters. The Hall–Kier alpha value is -3.48. The molecule has 1 N–H and O–H groups in total. The highest BCUT2D eigenvalue weighted by molar-refractivity contribution is 6.30. The zero-order valence-electron chi connectivity index (χ0n) is 20.3. The van der Waals surface area contributed by atoms with E-state index in [-0.39, 0.29) is 11.8 Å². The SMILES string of the molecule is Cc1cc(C)cc(CC(c2cccc(Cl)c2)c2nc(-c3ccc(CN4CC(C(=O)O)C4)cc3)no2)c1. The molecule has 1 aliphatic heterocycles. The lowest BCUT2D eigenvalue weighted by atomic mass is 9.90. The van der Waals surface area contributed by atoms with Crippen LogP contribution in [0.2, 0.25) is 5.02 Å². The minimum Gasteiger partial charge on any atom is -0.481 e. The molecule has 3 aromatic carbocycles. The molecule has 0 spiro atoms. The van der Waals surface area contributed by atoms with Gasteiger partial charge in [-0.3, -0.25) is 9.69 Å². The van der Waals surface area contributed by atoms with Crippen LogP contribution in [0.4, 0.5) is 0 Å². The van der Waals surface area contributed by atoms with Crippen LogP contribution in [0, 0.1) is 19.8 Å². The van der Waals surface area contributed by atoms with Gasteiger partial charge in [0.25, 0.3) is 0 Å². The second-order valence-electron chi connectivity index (χ2n) is 9.69. The van der Waals surface area contributed by atoms with Crippen molar-refractivity contribution in [1.82, 2.24) is 15.0 Å². The lowest BCUT2D eigenvalue weighted by Crippen LogP contribution is -2.49. The smallest absolute Gasteiger partial charge is 0.309 e. The van der Waals surface area contributed by atoms with E-state index in [9.17, 15) is 4.79 Å². The van der Waals surface area contributed by atoms with Crippen molar-refractivity contribution in [2.24, 2.45) is 5.92 Å². The van der Waals surface area contributed by atoms with E-state index in [1.165, 1.54) is 16.7 Å². The van der Waals surface area contributed by atoms with Crippen molar-refractivity contribution in [3.63, 3.8) is 0 Å². The van der Waals surface area contributed by atoms with Gasteiger partial charge in [0, 0.05) is 30.2 Å². The Kier molecular flexibility index (Phi) is 6.90. The number of carboxylic acids is 1. The van der Waals surface area contributed by atoms with Crippen LogP contribution in [0.15, 0.2) is 71.3 Å². The van der Waals surface area contributed by atoms with Crippen LogP contribution in [-0.4, -0.2) is 39.2 Å². The number of likely N-dealkylation sites (tertiary alicyclic amines) is 1. The molecule has 1 aliphatic rings. The van der Waals surface area contributed by atoms with Gasteiger partial charge >= 0.3 is 5.97 Å². The van der Waals surface area contributed by atoms with Crippen LogP contribution in [0.3, 0.4) is 0 Å². The van der Waals surface area contributed by atoms with Crippen LogP contribution in [0.1, 0.15) is 39.6 Å². The second-order valence-corrected chi connectivity index (χ2v) is 10.1. The number of aryl methyl sites for hydroxylation is 2. The first-order valence-corrected chi connectivity index (χ1v) is 12.4. The largest absolute Gasteiger partial charge is 0.481 e. The third kappa shape index (κ3) is 5.50. The Morgan fingerprint density at radius 1 is 1.06 bits per heavy atom. The number of carbonyl (C=O) groups is 1. The molecule has 5 rings (SSSR count). The van der Waals surface area contributed by atoms with Crippen LogP contribution >= 0.6 is 11.6 Å². The highest BCUT2D eigenvalue weighted by Gasteiger charge is 2.32. The average Bonchev–Trinajstić information content (AvgIpc) is 3.29. The Labute approximate surface area is 215 Å². The van der Waals surface area contributed by atoms with Gasteiger partial charge in [0.2, 0.25) is 11.7 Å². The summed E-state index contributed by atoms with van der Waals surface area (Å²) in [5.74, 6) is -0.00462. The third-order valence-corrected chi connectivity index (χ3v) is 6.87. The van der Waals surface area contributed by atoms with E-state index in [4.69, 9.17) is 26.2 Å². The normalized spacial score (nSPS) is 15.0. The fourth-order valence-electron chi connectivity index (χ4n) is 4.86. The van der Waals surface area contributed by atoms with Gasteiger partial charge in [-0.1, -0.05) is 82.5 Å². The van der Waals surface area contributed by atoms with Gasteiger partial charge in [0.1, 0.15) is 0 Å². The first-order chi connectivity index (χ1) is 17.3. The summed E-state index contributed by atoms with van der Waals surface area (Å²) in [7, 11) is 0. The van der Waals surface area contributed by atoms with Gasteiger partial charge in [-0.2, -0.15) is 4.98 Å². The minimum absolute atomic E-state index is 0.126. The van der Waals surface area contributed by atoms with Gasteiger partial charge in [-0.05, 0) is 49.1 Å². The number of aliphatic carboxylic acids is 1. The van der Waals surface area contributed by atoms with Gasteiger partial charge in [-0.15, -0.1) is 0 Å². The standard InChI is InChI=1S/C29H28ClN3O3/c1-18-10-19(2)12-21(11-18)13-26(23-4-3-5-25(30)14-23)28-31-27(32-36-28)22-8-6-20(7-9-22)15-33-16-24(17-33)29(34)35/h3-12,14,24,26H,13,15-17H2,1-2H3,(H,34,35). The molecule has 0 aliphatic carbocycles. The van der Waals surface area contributed by atoms with Gasteiger partial charge < -0.3 is 9.63 Å². The predicted octanol–water partition coefficient (Wildman–Crippen LogP) is 5.90. The molecule has 2 heterocycles. The number of halogens is 1. The van der Waals surface area contributed by atoms with Crippen molar-refractivity contribution in [3.05, 3.63) is 105 Å². The molecule has 6 nitrogen and oxygen atoms in total. The number of aromatic nitrogens is 2. The number of carboxylic acid groups (broad SMARTS) is 1.